The largest absolute Gasteiger partial charge is 0.490 e. The van der Waals surface area contributed by atoms with Gasteiger partial charge in [0.15, 0.2) is 17.3 Å². The van der Waals surface area contributed by atoms with Crippen LogP contribution in [0.25, 0.3) is 0 Å². The van der Waals surface area contributed by atoms with Gasteiger partial charge >= 0.3 is 0 Å². The van der Waals surface area contributed by atoms with Gasteiger partial charge in [-0.15, -0.1) is 10.2 Å². The van der Waals surface area contributed by atoms with Gasteiger partial charge in [0.1, 0.15) is 6.61 Å². The van der Waals surface area contributed by atoms with Crippen molar-refractivity contribution in [2.45, 2.75) is 31.4 Å². The summed E-state index contributed by atoms with van der Waals surface area (Å²) in [6.07, 6.45) is 1.74. The molecule has 0 aliphatic rings. The van der Waals surface area contributed by atoms with E-state index < -0.39 is 0 Å². The molecule has 0 N–H and O–H groups in total. The first-order valence-corrected chi connectivity index (χ1v) is 13.2. The summed E-state index contributed by atoms with van der Waals surface area (Å²) in [5.74, 6) is 2.57. The summed E-state index contributed by atoms with van der Waals surface area (Å²) in [7, 11) is 0. The highest BCUT2D eigenvalue weighted by atomic mass is 35.5. The third-order valence-electron chi connectivity index (χ3n) is 5.04. The van der Waals surface area contributed by atoms with E-state index in [9.17, 15) is 0 Å². The summed E-state index contributed by atoms with van der Waals surface area (Å²) in [5, 5.41) is 15.6. The van der Waals surface area contributed by atoms with Crippen molar-refractivity contribution in [3.8, 4) is 11.5 Å². The molecule has 3 aromatic carbocycles. The first kappa shape index (κ1) is 26.4. The highest BCUT2D eigenvalue weighted by Crippen LogP contribution is 2.30. The Labute approximate surface area is 229 Å². The molecule has 0 aliphatic heterocycles. The van der Waals surface area contributed by atoms with Crippen LogP contribution in [0, 0.1) is 6.92 Å². The molecule has 0 amide bonds. The molecule has 0 aliphatic carbocycles. The van der Waals surface area contributed by atoms with Crippen LogP contribution in [0.1, 0.15) is 29.4 Å². The number of rotatable bonds is 10. The predicted molar refractivity (Wildman–Crippen MR) is 147 cm³/mol. The summed E-state index contributed by atoms with van der Waals surface area (Å²) in [5.41, 5.74) is 2.82. The Kier molecular flexibility index (Phi) is 9.15. The lowest BCUT2D eigenvalue weighted by molar-refractivity contribution is 0.269. The van der Waals surface area contributed by atoms with E-state index in [4.69, 9.17) is 44.3 Å². The molecule has 4 rings (SSSR count). The van der Waals surface area contributed by atoms with Gasteiger partial charge in [0.25, 0.3) is 0 Å². The predicted octanol–water partition coefficient (Wildman–Crippen LogP) is 7.70. The monoisotopic (exact) mass is 560 g/mol. The number of aromatic nitrogens is 3. The van der Waals surface area contributed by atoms with Crippen LogP contribution in [0.15, 0.2) is 70.9 Å². The van der Waals surface area contributed by atoms with Crippen molar-refractivity contribution in [2.75, 3.05) is 6.61 Å². The molecule has 0 bridgehead atoms. The molecule has 186 valence electrons. The Morgan fingerprint density at radius 3 is 2.44 bits per heavy atom. The quantitative estimate of drug-likeness (QED) is 0.147. The normalized spacial score (nSPS) is 11.2. The minimum atomic E-state index is 0.406. The molecule has 10 heteroatoms. The third kappa shape index (κ3) is 6.95. The molecule has 1 heterocycles. The number of aryl methyl sites for hydroxylation is 1. The van der Waals surface area contributed by atoms with Gasteiger partial charge in [0.05, 0.1) is 12.8 Å². The minimum absolute atomic E-state index is 0.406. The van der Waals surface area contributed by atoms with Gasteiger partial charge < -0.3 is 9.47 Å². The second-order valence-electron chi connectivity index (χ2n) is 7.66. The molecule has 6 nitrogen and oxygen atoms in total. The second kappa shape index (κ2) is 12.5. The molecule has 36 heavy (non-hydrogen) atoms. The van der Waals surface area contributed by atoms with Crippen molar-refractivity contribution in [3.05, 3.63) is 98.2 Å². The lowest BCUT2D eigenvalue weighted by Crippen LogP contribution is -2.01. The van der Waals surface area contributed by atoms with Crippen molar-refractivity contribution in [1.29, 1.82) is 0 Å². The number of thioether (sulfide) groups is 1. The van der Waals surface area contributed by atoms with E-state index in [1.54, 1.807) is 17.0 Å². The first-order valence-electron chi connectivity index (χ1n) is 11.1. The van der Waals surface area contributed by atoms with E-state index in [1.165, 1.54) is 11.8 Å². The summed E-state index contributed by atoms with van der Waals surface area (Å²) in [4.78, 5) is 0. The standard InChI is InChI=1S/C26H23Cl3N4O2S/c1-3-34-25-12-19(6-11-24(25)35-15-18-4-8-21(27)9-5-18)14-30-33-17(2)31-32-26(33)36-16-20-7-10-22(28)13-23(20)29/h4-14H,3,15-16H2,1-2H3/b30-14+. The molecule has 0 radical (unpaired) electrons. The topological polar surface area (TPSA) is 61.5 Å². The van der Waals surface area contributed by atoms with E-state index in [1.807, 2.05) is 68.4 Å². The van der Waals surface area contributed by atoms with E-state index in [2.05, 4.69) is 15.3 Å². The summed E-state index contributed by atoms with van der Waals surface area (Å²) >= 11 is 19.7. The number of halogens is 3. The van der Waals surface area contributed by atoms with E-state index in [-0.39, 0.29) is 0 Å². The van der Waals surface area contributed by atoms with Crippen LogP contribution in [-0.2, 0) is 12.4 Å². The number of ether oxygens (including phenoxy) is 2. The molecular weight excluding hydrogens is 539 g/mol. The number of nitrogens with zero attached hydrogens (tertiary/aromatic N) is 4. The number of benzene rings is 3. The highest BCUT2D eigenvalue weighted by Gasteiger charge is 2.11. The Hall–Kier alpha value is -2.71. The minimum Gasteiger partial charge on any atom is -0.490 e. The lowest BCUT2D eigenvalue weighted by Gasteiger charge is -2.13. The highest BCUT2D eigenvalue weighted by molar-refractivity contribution is 7.98. The molecule has 4 aromatic rings. The fraction of sp³-hybridized carbons (Fsp3) is 0.192. The van der Waals surface area contributed by atoms with Gasteiger partial charge in [-0.25, -0.2) is 0 Å². The maximum absolute atomic E-state index is 6.30. The van der Waals surface area contributed by atoms with Crippen LogP contribution >= 0.6 is 46.6 Å². The Morgan fingerprint density at radius 2 is 1.69 bits per heavy atom. The van der Waals surface area contributed by atoms with Crippen LogP contribution in [0.4, 0.5) is 0 Å². The van der Waals surface area contributed by atoms with E-state index in [0.29, 0.717) is 56.5 Å². The molecule has 0 spiro atoms. The molecule has 0 atom stereocenters. The smallest absolute Gasteiger partial charge is 0.212 e. The fourth-order valence-electron chi connectivity index (χ4n) is 3.20. The van der Waals surface area contributed by atoms with Crippen LogP contribution in [-0.4, -0.2) is 27.7 Å². The zero-order valence-corrected chi connectivity index (χ0v) is 22.7. The van der Waals surface area contributed by atoms with Crippen LogP contribution in [0.5, 0.6) is 11.5 Å². The maximum atomic E-state index is 6.30. The van der Waals surface area contributed by atoms with Crippen molar-refractivity contribution >= 4 is 52.8 Å². The molecule has 0 saturated heterocycles. The molecular formula is C26H23Cl3N4O2S. The molecule has 0 saturated carbocycles. The SMILES string of the molecule is CCOc1cc(/C=N/n2c(C)nnc2SCc2ccc(Cl)cc2Cl)ccc1OCc1ccc(Cl)cc1. The van der Waals surface area contributed by atoms with Crippen molar-refractivity contribution in [1.82, 2.24) is 14.9 Å². The number of hydrogen-bond acceptors (Lipinski definition) is 6. The van der Waals surface area contributed by atoms with Crippen molar-refractivity contribution in [3.63, 3.8) is 0 Å². The van der Waals surface area contributed by atoms with Gasteiger partial charge in [-0.2, -0.15) is 9.78 Å². The first-order chi connectivity index (χ1) is 17.4. The zero-order valence-electron chi connectivity index (χ0n) is 19.6. The van der Waals surface area contributed by atoms with Gasteiger partial charge in [-0.05, 0) is 73.0 Å². The van der Waals surface area contributed by atoms with Crippen molar-refractivity contribution in [2.24, 2.45) is 5.10 Å². The maximum Gasteiger partial charge on any atom is 0.212 e. The van der Waals surface area contributed by atoms with Crippen LogP contribution < -0.4 is 9.47 Å². The molecule has 0 unspecified atom stereocenters. The molecule has 1 aromatic heterocycles. The van der Waals surface area contributed by atoms with Gasteiger partial charge in [0, 0.05) is 20.8 Å². The average Bonchev–Trinajstić information content (AvgIpc) is 3.22. The third-order valence-corrected chi connectivity index (χ3v) is 6.84. The Balaban J connectivity index is 1.47. The van der Waals surface area contributed by atoms with Gasteiger partial charge in [-0.3, -0.25) is 0 Å². The summed E-state index contributed by atoms with van der Waals surface area (Å²) in [6.45, 7) is 4.70. The Bertz CT molecular complexity index is 1360. The van der Waals surface area contributed by atoms with Crippen LogP contribution in [0.3, 0.4) is 0 Å². The fourth-order valence-corrected chi connectivity index (χ4v) is 4.82. The van der Waals surface area contributed by atoms with Gasteiger partial charge in [0.2, 0.25) is 5.16 Å². The van der Waals surface area contributed by atoms with E-state index in [0.717, 1.165) is 16.7 Å². The average molecular weight is 562 g/mol. The summed E-state index contributed by atoms with van der Waals surface area (Å²) < 4.78 is 13.5. The Morgan fingerprint density at radius 1 is 0.917 bits per heavy atom. The zero-order chi connectivity index (χ0) is 25.5. The molecule has 0 fully saturated rings. The number of hydrogen-bond donors (Lipinski definition) is 0. The lowest BCUT2D eigenvalue weighted by atomic mass is 10.2. The van der Waals surface area contributed by atoms with E-state index >= 15 is 0 Å². The second-order valence-corrected chi connectivity index (χ2v) is 9.89. The summed E-state index contributed by atoms with van der Waals surface area (Å²) in [6, 6.07) is 18.7. The van der Waals surface area contributed by atoms with Crippen LogP contribution in [0.2, 0.25) is 15.1 Å². The van der Waals surface area contributed by atoms with Crippen molar-refractivity contribution < 1.29 is 9.47 Å². The van der Waals surface area contributed by atoms with Gasteiger partial charge in [-0.1, -0.05) is 64.8 Å².